The van der Waals surface area contributed by atoms with Gasteiger partial charge in [0.05, 0.1) is 11.4 Å². The molecule has 1 aromatic heterocycles. The summed E-state index contributed by atoms with van der Waals surface area (Å²) >= 11 is 0. The SMILES string of the molecule is O=C1CCc2cc(S(=O)(=O)N3CCn4cccc4C3)ccc2N1. The molecule has 23 heavy (non-hydrogen) atoms. The molecular formula is C16H17N3O3S. The Labute approximate surface area is 134 Å². The third kappa shape index (κ3) is 2.46. The number of hydrogen-bond donors (Lipinski definition) is 1. The average Bonchev–Trinajstić information content (AvgIpc) is 3.01. The normalized spacial score (nSPS) is 18.2. The van der Waals surface area contributed by atoms with Crippen molar-refractivity contribution in [3.8, 4) is 0 Å². The molecule has 0 aliphatic carbocycles. The minimum atomic E-state index is -3.52. The lowest BCUT2D eigenvalue weighted by Gasteiger charge is -2.28. The molecular weight excluding hydrogens is 314 g/mol. The van der Waals surface area contributed by atoms with Crippen LogP contribution in [0.1, 0.15) is 17.7 Å². The predicted octanol–water partition coefficient (Wildman–Crippen LogP) is 1.58. The number of rotatable bonds is 2. The van der Waals surface area contributed by atoms with Crippen molar-refractivity contribution in [2.45, 2.75) is 30.8 Å². The van der Waals surface area contributed by atoms with Gasteiger partial charge in [0.2, 0.25) is 15.9 Å². The second kappa shape index (κ2) is 5.21. The number of fused-ring (bicyclic) bond motifs is 2. The smallest absolute Gasteiger partial charge is 0.243 e. The topological polar surface area (TPSA) is 71.4 Å². The summed E-state index contributed by atoms with van der Waals surface area (Å²) in [6.07, 6.45) is 2.95. The highest BCUT2D eigenvalue weighted by atomic mass is 32.2. The van der Waals surface area contributed by atoms with Gasteiger partial charge in [-0.1, -0.05) is 0 Å². The molecule has 2 aromatic rings. The van der Waals surface area contributed by atoms with Crippen molar-refractivity contribution in [3.05, 3.63) is 47.8 Å². The van der Waals surface area contributed by atoms with E-state index in [0.717, 1.165) is 11.3 Å². The van der Waals surface area contributed by atoms with E-state index in [9.17, 15) is 13.2 Å². The first-order chi connectivity index (χ1) is 11.0. The van der Waals surface area contributed by atoms with E-state index < -0.39 is 10.0 Å². The number of carbonyl (C=O) groups excluding carboxylic acids is 1. The number of sulfonamides is 1. The average molecular weight is 331 g/mol. The van der Waals surface area contributed by atoms with E-state index in [2.05, 4.69) is 9.88 Å². The van der Waals surface area contributed by atoms with E-state index in [1.807, 2.05) is 18.3 Å². The van der Waals surface area contributed by atoms with E-state index in [-0.39, 0.29) is 5.91 Å². The zero-order chi connectivity index (χ0) is 16.0. The highest BCUT2D eigenvalue weighted by Crippen LogP contribution is 2.28. The molecule has 2 aliphatic heterocycles. The molecule has 0 bridgehead atoms. The molecule has 4 rings (SSSR count). The molecule has 1 aromatic carbocycles. The molecule has 0 saturated heterocycles. The summed E-state index contributed by atoms with van der Waals surface area (Å²) in [5.74, 6) is -0.0232. The van der Waals surface area contributed by atoms with Gasteiger partial charge in [0.25, 0.3) is 0 Å². The van der Waals surface area contributed by atoms with E-state index >= 15 is 0 Å². The molecule has 0 radical (unpaired) electrons. The van der Waals surface area contributed by atoms with Crippen LogP contribution >= 0.6 is 0 Å². The molecule has 0 saturated carbocycles. The van der Waals surface area contributed by atoms with Crippen molar-refractivity contribution in [2.75, 3.05) is 11.9 Å². The van der Waals surface area contributed by atoms with Crippen molar-refractivity contribution in [1.29, 1.82) is 0 Å². The molecule has 6 nitrogen and oxygen atoms in total. The second-order valence-corrected chi connectivity index (χ2v) is 7.84. The number of hydrogen-bond acceptors (Lipinski definition) is 3. The van der Waals surface area contributed by atoms with Crippen molar-refractivity contribution < 1.29 is 13.2 Å². The molecule has 0 fully saturated rings. The van der Waals surface area contributed by atoms with Gasteiger partial charge < -0.3 is 9.88 Å². The fourth-order valence-electron chi connectivity index (χ4n) is 3.16. The number of amides is 1. The summed E-state index contributed by atoms with van der Waals surface area (Å²) in [4.78, 5) is 11.7. The molecule has 0 spiro atoms. The number of aryl methyl sites for hydroxylation is 1. The van der Waals surface area contributed by atoms with Gasteiger partial charge in [0, 0.05) is 37.1 Å². The Bertz CT molecular complexity index is 886. The summed E-state index contributed by atoms with van der Waals surface area (Å²) < 4.78 is 29.4. The van der Waals surface area contributed by atoms with Crippen LogP contribution in [-0.2, 0) is 34.3 Å². The van der Waals surface area contributed by atoms with Crippen LogP contribution in [0.4, 0.5) is 5.69 Å². The van der Waals surface area contributed by atoms with E-state index in [1.165, 1.54) is 4.31 Å². The van der Waals surface area contributed by atoms with Gasteiger partial charge in [-0.2, -0.15) is 4.31 Å². The van der Waals surface area contributed by atoms with E-state index in [0.29, 0.717) is 43.1 Å². The van der Waals surface area contributed by atoms with Crippen molar-refractivity contribution in [1.82, 2.24) is 8.87 Å². The molecule has 0 unspecified atom stereocenters. The molecule has 1 amide bonds. The van der Waals surface area contributed by atoms with Crippen LogP contribution in [0.15, 0.2) is 41.4 Å². The van der Waals surface area contributed by atoms with Gasteiger partial charge in [-0.15, -0.1) is 0 Å². The Morgan fingerprint density at radius 2 is 1.96 bits per heavy atom. The van der Waals surface area contributed by atoms with Crippen molar-refractivity contribution in [2.24, 2.45) is 0 Å². The van der Waals surface area contributed by atoms with Crippen LogP contribution < -0.4 is 5.32 Å². The van der Waals surface area contributed by atoms with Crippen molar-refractivity contribution in [3.63, 3.8) is 0 Å². The van der Waals surface area contributed by atoms with Gasteiger partial charge in [-0.25, -0.2) is 8.42 Å². The van der Waals surface area contributed by atoms with Gasteiger partial charge in [0.15, 0.2) is 0 Å². The Kier molecular flexibility index (Phi) is 3.28. The van der Waals surface area contributed by atoms with Crippen LogP contribution in [0.3, 0.4) is 0 Å². The van der Waals surface area contributed by atoms with Crippen molar-refractivity contribution >= 4 is 21.6 Å². The van der Waals surface area contributed by atoms with Crippen LogP contribution in [0.5, 0.6) is 0 Å². The predicted molar refractivity (Wildman–Crippen MR) is 85.4 cm³/mol. The van der Waals surface area contributed by atoms with Crippen LogP contribution in [-0.4, -0.2) is 29.7 Å². The van der Waals surface area contributed by atoms with E-state index in [1.54, 1.807) is 18.2 Å². The molecule has 7 heteroatoms. The lowest BCUT2D eigenvalue weighted by Crippen LogP contribution is -2.38. The molecule has 1 N–H and O–H groups in total. The highest BCUT2D eigenvalue weighted by molar-refractivity contribution is 7.89. The second-order valence-electron chi connectivity index (χ2n) is 5.90. The number of aromatic nitrogens is 1. The lowest BCUT2D eigenvalue weighted by molar-refractivity contribution is -0.116. The first-order valence-electron chi connectivity index (χ1n) is 7.61. The number of nitrogens with one attached hydrogen (secondary N) is 1. The fraction of sp³-hybridized carbons (Fsp3) is 0.312. The summed E-state index contributed by atoms with van der Waals surface area (Å²) in [6.45, 7) is 1.53. The number of nitrogens with zero attached hydrogens (tertiary/aromatic N) is 2. The monoisotopic (exact) mass is 331 g/mol. The third-order valence-corrected chi connectivity index (χ3v) is 6.30. The first kappa shape index (κ1) is 14.5. The Balaban J connectivity index is 1.66. The molecule has 0 atom stereocenters. The standard InChI is InChI=1S/C16H17N3O3S/c20-16-6-3-12-10-14(4-5-15(12)17-16)23(21,22)19-9-8-18-7-1-2-13(18)11-19/h1-2,4-5,7,10H,3,6,8-9,11H2,(H,17,20). The zero-order valence-electron chi connectivity index (χ0n) is 12.5. The van der Waals surface area contributed by atoms with Gasteiger partial charge >= 0.3 is 0 Å². The fourth-order valence-corrected chi connectivity index (χ4v) is 4.62. The quantitative estimate of drug-likeness (QED) is 0.908. The van der Waals surface area contributed by atoms with Crippen LogP contribution in [0.2, 0.25) is 0 Å². The number of carbonyl (C=O) groups is 1. The van der Waals surface area contributed by atoms with Gasteiger partial charge in [-0.3, -0.25) is 4.79 Å². The minimum Gasteiger partial charge on any atom is -0.349 e. The summed E-state index contributed by atoms with van der Waals surface area (Å²) in [5, 5.41) is 2.78. The zero-order valence-corrected chi connectivity index (χ0v) is 13.3. The van der Waals surface area contributed by atoms with Crippen LogP contribution in [0.25, 0.3) is 0 Å². The third-order valence-electron chi connectivity index (χ3n) is 4.46. The maximum absolute atomic E-state index is 12.9. The number of benzene rings is 1. The van der Waals surface area contributed by atoms with Gasteiger partial charge in [-0.05, 0) is 42.3 Å². The van der Waals surface area contributed by atoms with E-state index in [4.69, 9.17) is 0 Å². The Hall–Kier alpha value is -2.12. The molecule has 120 valence electrons. The summed E-state index contributed by atoms with van der Waals surface area (Å²) in [5.41, 5.74) is 2.60. The Morgan fingerprint density at radius 1 is 1.09 bits per heavy atom. The Morgan fingerprint density at radius 3 is 2.83 bits per heavy atom. The summed E-state index contributed by atoms with van der Waals surface area (Å²) in [7, 11) is -3.52. The molecule has 3 heterocycles. The number of anilines is 1. The van der Waals surface area contributed by atoms with Gasteiger partial charge in [0.1, 0.15) is 0 Å². The highest BCUT2D eigenvalue weighted by Gasteiger charge is 2.29. The maximum atomic E-state index is 12.9. The lowest BCUT2D eigenvalue weighted by atomic mass is 10.0. The maximum Gasteiger partial charge on any atom is 0.243 e. The largest absolute Gasteiger partial charge is 0.349 e. The minimum absolute atomic E-state index is 0.0232. The first-order valence-corrected chi connectivity index (χ1v) is 9.05. The van der Waals surface area contributed by atoms with Crippen LogP contribution in [0, 0.1) is 0 Å². The molecule has 2 aliphatic rings. The summed E-state index contributed by atoms with van der Waals surface area (Å²) in [6, 6.07) is 8.84.